The molecular formula is C29H39N7O5SSe. The van der Waals surface area contributed by atoms with E-state index >= 15 is 0 Å². The van der Waals surface area contributed by atoms with Crippen LogP contribution in [0.15, 0.2) is 21.0 Å². The minimum atomic E-state index is -0.833. The van der Waals surface area contributed by atoms with E-state index in [0.29, 0.717) is 15.3 Å². The fraction of sp³-hybridized carbons (Fsp3) is 0.552. The van der Waals surface area contributed by atoms with E-state index < -0.39 is 36.0 Å². The number of nitrogens with zero attached hydrogens (tertiary/aromatic N) is 3. The summed E-state index contributed by atoms with van der Waals surface area (Å²) < 4.78 is 6.04. The van der Waals surface area contributed by atoms with Gasteiger partial charge >= 0.3 is 262 Å². The number of thiazole rings is 1. The standard InChI is InChI=1S/C29H39N7O5SSe/c1-12(2)19-18-11-43-29(32-18)26(40)35-21(14(5)6)27-30-16(9-41-27)23(37)36-22(15(7)8)28-31-17(10-42-28)24(38)34-20(13(3)4)25(39)33-19/h9-15,19-22H,1-8H3,(H,33,39)(H,34,38)(H,35,40)(H,36,37)/t19-,20-,21-,22-/m0/s1. The summed E-state index contributed by atoms with van der Waals surface area (Å²) in [5, 5.41) is 14.0. The molecule has 0 unspecified atom stereocenters. The number of hydrogen-bond donors (Lipinski definition) is 4. The van der Waals surface area contributed by atoms with E-state index in [0.717, 1.165) is 0 Å². The third-order valence-corrected chi connectivity index (χ3v) is 9.91. The first-order valence-corrected chi connectivity index (χ1v) is 17.1. The van der Waals surface area contributed by atoms with Crippen LogP contribution in [0.4, 0.5) is 0 Å². The molecule has 0 aromatic carbocycles. The monoisotopic (exact) mass is 677 g/mol. The third kappa shape index (κ3) is 7.42. The number of aromatic nitrogens is 3. The summed E-state index contributed by atoms with van der Waals surface area (Å²) in [5.41, 5.74) is 0.831. The number of rotatable bonds is 4. The van der Waals surface area contributed by atoms with Gasteiger partial charge in [-0.2, -0.15) is 0 Å². The third-order valence-electron chi connectivity index (χ3n) is 7.18. The number of carbonyl (C=O) groups is 4. The van der Waals surface area contributed by atoms with Gasteiger partial charge < -0.3 is 0 Å². The summed E-state index contributed by atoms with van der Waals surface area (Å²) in [7, 11) is 0. The van der Waals surface area contributed by atoms with Crippen molar-refractivity contribution in [3.63, 3.8) is 0 Å². The van der Waals surface area contributed by atoms with Crippen LogP contribution < -0.4 is 21.3 Å². The van der Waals surface area contributed by atoms with Crippen molar-refractivity contribution in [2.24, 2.45) is 23.7 Å². The van der Waals surface area contributed by atoms with Crippen molar-refractivity contribution in [1.29, 1.82) is 0 Å². The maximum absolute atomic E-state index is 13.5. The number of amides is 4. The Labute approximate surface area is 261 Å². The molecule has 4 atom stereocenters. The summed E-state index contributed by atoms with van der Waals surface area (Å²) in [4.78, 5) is 68.8. The fourth-order valence-electron chi connectivity index (χ4n) is 4.62. The first-order valence-electron chi connectivity index (χ1n) is 14.4. The molecule has 4 rings (SSSR count). The molecule has 3 aromatic rings. The topological polar surface area (TPSA) is 168 Å². The van der Waals surface area contributed by atoms with Crippen molar-refractivity contribution in [2.75, 3.05) is 0 Å². The molecular weight excluding hydrogens is 637 g/mol. The van der Waals surface area contributed by atoms with Gasteiger partial charge in [-0.05, 0) is 0 Å². The van der Waals surface area contributed by atoms with Crippen LogP contribution >= 0.6 is 11.3 Å². The first kappa shape index (κ1) is 32.6. The SMILES string of the molecule is CC(C)[C@@H]1NC(=O)c2csc(n2)[C@H](C(C)C)NC(=O)c2coc(n2)[C@H](C(C)C)NC(=O)c2nc(c[se]2)[C@H](C(C)C)NC1=O. The molecule has 0 aliphatic carbocycles. The van der Waals surface area contributed by atoms with Gasteiger partial charge in [-0.3, -0.25) is 0 Å². The molecule has 4 N–H and O–H groups in total. The van der Waals surface area contributed by atoms with Crippen molar-refractivity contribution in [3.8, 4) is 0 Å². The van der Waals surface area contributed by atoms with Crippen LogP contribution in [0.25, 0.3) is 0 Å². The van der Waals surface area contributed by atoms with Gasteiger partial charge in [0.1, 0.15) is 0 Å². The van der Waals surface area contributed by atoms with Gasteiger partial charge in [0.15, 0.2) is 0 Å². The first-order chi connectivity index (χ1) is 20.3. The van der Waals surface area contributed by atoms with E-state index in [4.69, 9.17) is 4.42 Å². The maximum atomic E-state index is 13.5. The fourth-order valence-corrected chi connectivity index (χ4v) is 7.23. The number of nitrogens with one attached hydrogen (secondary N) is 4. The Morgan fingerprint density at radius 3 is 1.91 bits per heavy atom. The van der Waals surface area contributed by atoms with Crippen LogP contribution in [0.5, 0.6) is 0 Å². The molecule has 14 heteroatoms. The summed E-state index contributed by atoms with van der Waals surface area (Å²) >= 11 is 0.887. The Hall–Kier alpha value is -3.35. The number of oxazole rings is 1. The Kier molecular flexibility index (Phi) is 10.2. The molecule has 4 heterocycles. The Morgan fingerprint density at radius 1 is 0.698 bits per heavy atom. The summed E-state index contributed by atoms with van der Waals surface area (Å²) in [6.45, 7) is 15.3. The zero-order valence-corrected chi connectivity index (χ0v) is 28.1. The van der Waals surface area contributed by atoms with Crippen molar-refractivity contribution in [3.05, 3.63) is 49.1 Å². The van der Waals surface area contributed by atoms with Gasteiger partial charge in [-0.15, -0.1) is 0 Å². The van der Waals surface area contributed by atoms with E-state index in [1.807, 2.05) is 60.3 Å². The summed E-state index contributed by atoms with van der Waals surface area (Å²) in [6.07, 6.45) is 1.27. The Bertz CT molecular complexity index is 1480. The Morgan fingerprint density at radius 2 is 1.28 bits per heavy atom. The molecule has 0 saturated carbocycles. The van der Waals surface area contributed by atoms with Crippen LogP contribution in [0.1, 0.15) is 120 Å². The van der Waals surface area contributed by atoms with E-state index in [-0.39, 0.29) is 67.3 Å². The number of hydrogen-bond acceptors (Lipinski definition) is 9. The average molecular weight is 677 g/mol. The molecule has 43 heavy (non-hydrogen) atoms. The van der Waals surface area contributed by atoms with Crippen molar-refractivity contribution in [1.82, 2.24) is 36.2 Å². The number of fused-ring (bicyclic) bond motifs is 6. The second-order valence-corrected chi connectivity index (χ2v) is 14.7. The second kappa shape index (κ2) is 13.5. The summed E-state index contributed by atoms with van der Waals surface area (Å²) in [6, 6.07) is -2.40. The molecule has 0 fully saturated rings. The molecule has 232 valence electrons. The van der Waals surface area contributed by atoms with Crippen LogP contribution in [0.2, 0.25) is 0 Å². The molecule has 0 spiro atoms. The second-order valence-electron chi connectivity index (χ2n) is 12.0. The van der Waals surface area contributed by atoms with Gasteiger partial charge in [0.05, 0.1) is 0 Å². The zero-order chi connectivity index (χ0) is 31.6. The van der Waals surface area contributed by atoms with Crippen LogP contribution in [0.3, 0.4) is 0 Å². The van der Waals surface area contributed by atoms with Gasteiger partial charge in [0.25, 0.3) is 0 Å². The molecule has 1 aliphatic heterocycles. The van der Waals surface area contributed by atoms with E-state index in [1.54, 1.807) is 5.38 Å². The normalized spacial score (nSPS) is 22.3. The van der Waals surface area contributed by atoms with E-state index in [2.05, 4.69) is 36.2 Å². The van der Waals surface area contributed by atoms with Crippen molar-refractivity contribution < 1.29 is 23.6 Å². The average Bonchev–Trinajstić information content (AvgIpc) is 3.71. The van der Waals surface area contributed by atoms with Crippen LogP contribution in [-0.2, 0) is 4.79 Å². The predicted molar refractivity (Wildman–Crippen MR) is 162 cm³/mol. The molecule has 6 bridgehead atoms. The molecule has 1 aliphatic rings. The Balaban J connectivity index is 1.76. The van der Waals surface area contributed by atoms with E-state index in [9.17, 15) is 19.2 Å². The predicted octanol–water partition coefficient (Wildman–Crippen LogP) is 3.42. The molecule has 0 radical (unpaired) electrons. The minimum absolute atomic E-state index is 0.0319. The molecule has 3 aromatic heterocycles. The molecule has 12 nitrogen and oxygen atoms in total. The van der Waals surface area contributed by atoms with Crippen molar-refractivity contribution >= 4 is 49.5 Å². The van der Waals surface area contributed by atoms with Gasteiger partial charge in [-0.1, -0.05) is 0 Å². The quantitative estimate of drug-likeness (QED) is 0.305. The van der Waals surface area contributed by atoms with Crippen LogP contribution in [-0.4, -0.2) is 59.1 Å². The van der Waals surface area contributed by atoms with Gasteiger partial charge in [-0.25, -0.2) is 0 Å². The van der Waals surface area contributed by atoms with Gasteiger partial charge in [0.2, 0.25) is 0 Å². The molecule has 0 saturated heterocycles. The van der Waals surface area contributed by atoms with Gasteiger partial charge in [0, 0.05) is 0 Å². The molecule has 4 amide bonds. The summed E-state index contributed by atoms with van der Waals surface area (Å²) in [5.74, 6) is -1.86. The van der Waals surface area contributed by atoms with Crippen LogP contribution in [0, 0.1) is 23.7 Å². The zero-order valence-electron chi connectivity index (χ0n) is 25.6. The van der Waals surface area contributed by atoms with E-state index in [1.165, 1.54) is 17.6 Å². The number of carbonyl (C=O) groups excluding carboxylic acids is 4. The van der Waals surface area contributed by atoms with Crippen molar-refractivity contribution in [2.45, 2.75) is 79.6 Å².